The zero-order valence-corrected chi connectivity index (χ0v) is 15.4. The van der Waals surface area contributed by atoms with Gasteiger partial charge in [-0.25, -0.2) is 0 Å². The van der Waals surface area contributed by atoms with Gasteiger partial charge in [-0.1, -0.05) is 18.9 Å². The summed E-state index contributed by atoms with van der Waals surface area (Å²) in [4.78, 5) is 23.8. The molecule has 1 aromatic carbocycles. The van der Waals surface area contributed by atoms with Crippen LogP contribution in [0.15, 0.2) is 18.2 Å². The molecule has 1 unspecified atom stereocenters. The summed E-state index contributed by atoms with van der Waals surface area (Å²) in [6.45, 7) is 3.74. The monoisotopic (exact) mass is 360 g/mol. The molecule has 1 heterocycles. The van der Waals surface area contributed by atoms with Gasteiger partial charge in [-0.2, -0.15) is 0 Å². The van der Waals surface area contributed by atoms with Crippen molar-refractivity contribution in [3.05, 3.63) is 23.8 Å². The number of amides is 2. The van der Waals surface area contributed by atoms with E-state index >= 15 is 0 Å². The van der Waals surface area contributed by atoms with Crippen molar-refractivity contribution in [1.82, 2.24) is 10.6 Å². The van der Waals surface area contributed by atoms with Crippen LogP contribution < -0.4 is 20.1 Å². The Morgan fingerprint density at radius 1 is 1.08 bits per heavy atom. The maximum absolute atomic E-state index is 12.9. The van der Waals surface area contributed by atoms with Crippen LogP contribution in [-0.4, -0.2) is 38.1 Å². The van der Waals surface area contributed by atoms with E-state index in [0.717, 1.165) is 36.3 Å². The van der Waals surface area contributed by atoms with Gasteiger partial charge in [0.25, 0.3) is 0 Å². The second kappa shape index (κ2) is 8.92. The van der Waals surface area contributed by atoms with E-state index < -0.39 is 0 Å². The number of carbonyl (C=O) groups is 2. The molecule has 0 saturated heterocycles. The van der Waals surface area contributed by atoms with Crippen LogP contribution in [0.5, 0.6) is 11.5 Å². The zero-order valence-electron chi connectivity index (χ0n) is 15.4. The van der Waals surface area contributed by atoms with E-state index in [1.54, 1.807) is 0 Å². The molecule has 6 heteroatoms. The SMILES string of the molecule is CC(=O)NCCCNC(=O)C(c1ccc2c(c1)OCCO2)C1CCCC1. The highest BCUT2D eigenvalue weighted by Crippen LogP contribution is 2.40. The Labute approximate surface area is 154 Å². The van der Waals surface area contributed by atoms with E-state index in [0.29, 0.717) is 32.2 Å². The average molecular weight is 360 g/mol. The van der Waals surface area contributed by atoms with E-state index in [4.69, 9.17) is 9.47 Å². The summed E-state index contributed by atoms with van der Waals surface area (Å²) < 4.78 is 11.3. The van der Waals surface area contributed by atoms with Crippen LogP contribution in [0, 0.1) is 5.92 Å². The molecule has 3 rings (SSSR count). The van der Waals surface area contributed by atoms with Crippen LogP contribution in [0.4, 0.5) is 0 Å². The molecular formula is C20H28N2O4. The topological polar surface area (TPSA) is 76.7 Å². The zero-order chi connectivity index (χ0) is 18.4. The molecule has 6 nitrogen and oxygen atoms in total. The minimum absolute atomic E-state index is 0.0450. The van der Waals surface area contributed by atoms with Crippen LogP contribution in [0.2, 0.25) is 0 Å². The molecular weight excluding hydrogens is 332 g/mol. The first-order valence-corrected chi connectivity index (χ1v) is 9.57. The molecule has 1 aliphatic carbocycles. The third-order valence-electron chi connectivity index (χ3n) is 5.11. The molecule has 2 amide bonds. The van der Waals surface area contributed by atoms with E-state index in [9.17, 15) is 9.59 Å². The number of carbonyl (C=O) groups excluding carboxylic acids is 2. The molecule has 142 valence electrons. The third kappa shape index (κ3) is 4.68. The molecule has 1 aliphatic heterocycles. The fourth-order valence-corrected chi connectivity index (χ4v) is 3.86. The lowest BCUT2D eigenvalue weighted by molar-refractivity contribution is -0.123. The van der Waals surface area contributed by atoms with Crippen molar-refractivity contribution in [2.24, 2.45) is 5.92 Å². The summed E-state index contributed by atoms with van der Waals surface area (Å²) in [7, 11) is 0. The van der Waals surface area contributed by atoms with Gasteiger partial charge < -0.3 is 20.1 Å². The maximum atomic E-state index is 12.9. The van der Waals surface area contributed by atoms with E-state index in [-0.39, 0.29) is 17.7 Å². The van der Waals surface area contributed by atoms with Crippen LogP contribution in [0.3, 0.4) is 0 Å². The van der Waals surface area contributed by atoms with Gasteiger partial charge in [0.1, 0.15) is 13.2 Å². The standard InChI is InChI=1S/C20H28N2O4/c1-14(23)21-9-4-10-22-20(24)19(15-5-2-3-6-15)16-7-8-17-18(13-16)26-12-11-25-17/h7-8,13,15,19H,2-6,9-12H2,1H3,(H,21,23)(H,22,24). The highest BCUT2D eigenvalue weighted by Gasteiger charge is 2.32. The van der Waals surface area contributed by atoms with Crippen molar-refractivity contribution in [2.75, 3.05) is 26.3 Å². The van der Waals surface area contributed by atoms with Gasteiger partial charge in [-0.3, -0.25) is 9.59 Å². The minimum atomic E-state index is -0.158. The maximum Gasteiger partial charge on any atom is 0.227 e. The second-order valence-electron chi connectivity index (χ2n) is 7.05. The van der Waals surface area contributed by atoms with Crippen LogP contribution in [0.25, 0.3) is 0 Å². The van der Waals surface area contributed by atoms with Gasteiger partial charge in [0.15, 0.2) is 11.5 Å². The largest absolute Gasteiger partial charge is 0.486 e. The van der Waals surface area contributed by atoms with Gasteiger partial charge >= 0.3 is 0 Å². The molecule has 0 aromatic heterocycles. The average Bonchev–Trinajstić information content (AvgIpc) is 3.15. The van der Waals surface area contributed by atoms with Crippen LogP contribution in [-0.2, 0) is 9.59 Å². The normalized spacial score (nSPS) is 17.6. The van der Waals surface area contributed by atoms with E-state index in [2.05, 4.69) is 10.6 Å². The predicted octanol–water partition coefficient (Wildman–Crippen LogP) is 2.37. The van der Waals surface area contributed by atoms with Crippen molar-refractivity contribution in [3.63, 3.8) is 0 Å². The molecule has 1 fully saturated rings. The Kier molecular flexibility index (Phi) is 6.36. The molecule has 1 atom stereocenters. The number of fused-ring (bicyclic) bond motifs is 1. The fraction of sp³-hybridized carbons (Fsp3) is 0.600. The van der Waals surface area contributed by atoms with Crippen molar-refractivity contribution in [2.45, 2.75) is 44.9 Å². The first kappa shape index (κ1) is 18.5. The highest BCUT2D eigenvalue weighted by molar-refractivity contribution is 5.84. The first-order chi connectivity index (χ1) is 12.6. The number of hydrogen-bond donors (Lipinski definition) is 2. The molecule has 2 N–H and O–H groups in total. The lowest BCUT2D eigenvalue weighted by atomic mass is 9.84. The third-order valence-corrected chi connectivity index (χ3v) is 5.11. The molecule has 0 radical (unpaired) electrons. The lowest BCUT2D eigenvalue weighted by Gasteiger charge is -2.25. The molecule has 0 bridgehead atoms. The summed E-state index contributed by atoms with van der Waals surface area (Å²) in [6, 6.07) is 5.87. The lowest BCUT2D eigenvalue weighted by Crippen LogP contribution is -2.35. The van der Waals surface area contributed by atoms with Gasteiger partial charge in [0.2, 0.25) is 11.8 Å². The minimum Gasteiger partial charge on any atom is -0.486 e. The van der Waals surface area contributed by atoms with Gasteiger partial charge in [0, 0.05) is 20.0 Å². The Bertz CT molecular complexity index is 641. The Hall–Kier alpha value is -2.24. The first-order valence-electron chi connectivity index (χ1n) is 9.57. The van der Waals surface area contributed by atoms with Gasteiger partial charge in [0.05, 0.1) is 5.92 Å². The molecule has 1 aromatic rings. The fourth-order valence-electron chi connectivity index (χ4n) is 3.86. The summed E-state index contributed by atoms with van der Waals surface area (Å²) in [5.41, 5.74) is 1.00. The summed E-state index contributed by atoms with van der Waals surface area (Å²) in [6.07, 6.45) is 5.25. The number of nitrogens with one attached hydrogen (secondary N) is 2. The highest BCUT2D eigenvalue weighted by atomic mass is 16.6. The molecule has 1 saturated carbocycles. The summed E-state index contributed by atoms with van der Waals surface area (Å²) in [5.74, 6) is 1.71. The van der Waals surface area contributed by atoms with Crippen molar-refractivity contribution < 1.29 is 19.1 Å². The van der Waals surface area contributed by atoms with Crippen LogP contribution in [0.1, 0.15) is 50.5 Å². The van der Waals surface area contributed by atoms with Gasteiger partial charge in [-0.15, -0.1) is 0 Å². The number of ether oxygens (including phenoxy) is 2. The van der Waals surface area contributed by atoms with E-state index in [1.807, 2.05) is 18.2 Å². The Balaban J connectivity index is 1.67. The van der Waals surface area contributed by atoms with Crippen molar-refractivity contribution in [3.8, 4) is 11.5 Å². The molecule has 2 aliphatic rings. The van der Waals surface area contributed by atoms with Crippen LogP contribution >= 0.6 is 0 Å². The second-order valence-corrected chi connectivity index (χ2v) is 7.05. The summed E-state index contributed by atoms with van der Waals surface area (Å²) in [5, 5.41) is 5.80. The quantitative estimate of drug-likeness (QED) is 0.732. The summed E-state index contributed by atoms with van der Waals surface area (Å²) >= 11 is 0. The molecule has 0 spiro atoms. The van der Waals surface area contributed by atoms with Crippen molar-refractivity contribution >= 4 is 11.8 Å². The number of rotatable bonds is 7. The van der Waals surface area contributed by atoms with E-state index in [1.165, 1.54) is 19.8 Å². The Morgan fingerprint density at radius 3 is 2.50 bits per heavy atom. The smallest absolute Gasteiger partial charge is 0.227 e. The molecule has 26 heavy (non-hydrogen) atoms. The predicted molar refractivity (Wildman–Crippen MR) is 98.4 cm³/mol. The van der Waals surface area contributed by atoms with Gasteiger partial charge in [-0.05, 0) is 42.9 Å². The Morgan fingerprint density at radius 2 is 1.77 bits per heavy atom. The number of hydrogen-bond acceptors (Lipinski definition) is 4. The van der Waals surface area contributed by atoms with Crippen molar-refractivity contribution in [1.29, 1.82) is 0 Å². The number of benzene rings is 1.